The molecule has 0 aliphatic carbocycles. The summed E-state index contributed by atoms with van der Waals surface area (Å²) >= 11 is 0.406. The molecule has 3 rings (SSSR count). The van der Waals surface area contributed by atoms with Gasteiger partial charge in [0, 0.05) is 0 Å². The monoisotopic (exact) mass is 208 g/mol. The molecule has 52 valence electrons. The molecule has 2 nitrogen and oxygen atoms in total. The van der Waals surface area contributed by atoms with Crippen molar-refractivity contribution in [2.45, 2.75) is 0 Å². The van der Waals surface area contributed by atoms with Crippen LogP contribution in [0.3, 0.4) is 0 Å². The van der Waals surface area contributed by atoms with Gasteiger partial charge in [-0.1, -0.05) is 0 Å². The van der Waals surface area contributed by atoms with Gasteiger partial charge in [-0.3, -0.25) is 0 Å². The van der Waals surface area contributed by atoms with Crippen LogP contribution in [0.5, 0.6) is 0 Å². The predicted octanol–water partition coefficient (Wildman–Crippen LogP) is 1.28. The van der Waals surface area contributed by atoms with Crippen LogP contribution < -0.4 is 0 Å². The molecule has 3 aromatic rings. The molecular weight excluding hydrogens is 203 g/mol. The topological polar surface area (TPSA) is 25.8 Å². The van der Waals surface area contributed by atoms with Gasteiger partial charge in [-0.05, 0) is 0 Å². The van der Waals surface area contributed by atoms with Crippen LogP contribution in [0, 0.1) is 0 Å². The van der Waals surface area contributed by atoms with Gasteiger partial charge in [-0.2, -0.15) is 0 Å². The van der Waals surface area contributed by atoms with E-state index in [1.807, 2.05) is 0 Å². The van der Waals surface area contributed by atoms with E-state index >= 15 is 0 Å². The molecule has 0 amide bonds. The van der Waals surface area contributed by atoms with E-state index in [0.29, 0.717) is 14.5 Å². The Morgan fingerprint density at radius 3 is 2.00 bits per heavy atom. The Morgan fingerprint density at radius 2 is 1.45 bits per heavy atom. The average Bonchev–Trinajstić information content (AvgIpc) is 2.64. The molecule has 2 aromatic heterocycles. The zero-order valence-corrected chi connectivity index (χ0v) is 7.33. The summed E-state index contributed by atoms with van der Waals surface area (Å²) in [6.45, 7) is 0. The van der Waals surface area contributed by atoms with Crippen molar-refractivity contribution in [2.24, 2.45) is 0 Å². The molecular formula is C8H4N2Se. The Bertz CT molecular complexity index is 456. The molecule has 0 fully saturated rings. The molecule has 2 bridgehead atoms. The molecule has 2 heterocycles. The number of benzene rings is 1. The first-order valence-electron chi connectivity index (χ1n) is 3.38. The van der Waals surface area contributed by atoms with Crippen molar-refractivity contribution >= 4 is 34.1 Å². The van der Waals surface area contributed by atoms with Gasteiger partial charge >= 0.3 is 68.5 Å². The van der Waals surface area contributed by atoms with Crippen molar-refractivity contribution in [1.82, 2.24) is 10.2 Å². The van der Waals surface area contributed by atoms with Crippen molar-refractivity contribution in [3.05, 3.63) is 24.3 Å². The van der Waals surface area contributed by atoms with Crippen molar-refractivity contribution in [3.63, 3.8) is 0 Å². The van der Waals surface area contributed by atoms with E-state index in [-0.39, 0.29) is 0 Å². The van der Waals surface area contributed by atoms with Crippen LogP contribution in [0.2, 0.25) is 0 Å². The Kier molecular flexibility index (Phi) is 0.939. The van der Waals surface area contributed by atoms with Crippen molar-refractivity contribution in [2.75, 3.05) is 0 Å². The van der Waals surface area contributed by atoms with Crippen LogP contribution in [0.1, 0.15) is 0 Å². The number of rotatable bonds is 0. The number of aromatic nitrogens is 2. The fraction of sp³-hybridized carbons (Fsp3) is 0. The first-order valence-corrected chi connectivity index (χ1v) is 5.10. The molecule has 0 spiro atoms. The maximum absolute atomic E-state index is 4.08. The van der Waals surface area contributed by atoms with Gasteiger partial charge in [-0.25, -0.2) is 0 Å². The molecule has 0 atom stereocenters. The van der Waals surface area contributed by atoms with Crippen LogP contribution >= 0.6 is 0 Å². The Labute approximate surface area is 68.9 Å². The molecule has 0 saturated carbocycles. The average molecular weight is 207 g/mol. The quantitative estimate of drug-likeness (QED) is 0.519. The fourth-order valence-electron chi connectivity index (χ4n) is 1.30. The Hall–Kier alpha value is -0.921. The number of hydrogen-bond donors (Lipinski definition) is 0. The van der Waals surface area contributed by atoms with E-state index in [4.69, 9.17) is 0 Å². The molecule has 0 unspecified atom stereocenters. The third-order valence-electron chi connectivity index (χ3n) is 1.81. The summed E-state index contributed by atoms with van der Waals surface area (Å²) in [5.74, 6) is 0. The molecule has 0 N–H and O–H groups in total. The second kappa shape index (κ2) is 1.81. The molecule has 0 radical (unpaired) electrons. The van der Waals surface area contributed by atoms with Crippen molar-refractivity contribution in [3.8, 4) is 0 Å². The summed E-state index contributed by atoms with van der Waals surface area (Å²) in [5.41, 5.74) is 0. The van der Waals surface area contributed by atoms with E-state index in [1.165, 1.54) is 19.6 Å². The van der Waals surface area contributed by atoms with Gasteiger partial charge in [0.1, 0.15) is 0 Å². The molecule has 11 heavy (non-hydrogen) atoms. The third-order valence-corrected chi connectivity index (χ3v) is 3.89. The van der Waals surface area contributed by atoms with Crippen LogP contribution in [0.4, 0.5) is 0 Å². The third kappa shape index (κ3) is 0.621. The normalized spacial score (nSPS) is 11.6. The fourth-order valence-corrected chi connectivity index (χ4v) is 3.23. The van der Waals surface area contributed by atoms with Crippen LogP contribution in [-0.2, 0) is 0 Å². The van der Waals surface area contributed by atoms with Gasteiger partial charge in [0.2, 0.25) is 0 Å². The summed E-state index contributed by atoms with van der Waals surface area (Å²) < 4.78 is 2.39. The molecule has 3 heteroatoms. The van der Waals surface area contributed by atoms with E-state index in [1.54, 1.807) is 0 Å². The summed E-state index contributed by atoms with van der Waals surface area (Å²) in [4.78, 5) is 0. The summed E-state index contributed by atoms with van der Waals surface area (Å²) in [7, 11) is 0. The minimum absolute atomic E-state index is 0.406. The zero-order valence-electron chi connectivity index (χ0n) is 5.61. The number of hydrogen-bond acceptors (Lipinski definition) is 2. The second-order valence-corrected chi connectivity index (χ2v) is 4.51. The molecule has 0 saturated heterocycles. The molecule has 1 aromatic carbocycles. The SMILES string of the molecule is c1ccc2c3nnc([se]3)c2c1. The summed E-state index contributed by atoms with van der Waals surface area (Å²) in [6, 6.07) is 8.35. The van der Waals surface area contributed by atoms with E-state index in [2.05, 4.69) is 34.5 Å². The summed E-state index contributed by atoms with van der Waals surface area (Å²) in [6.07, 6.45) is 0. The number of nitrogens with zero attached hydrogens (tertiary/aromatic N) is 2. The molecule has 0 aliphatic heterocycles. The van der Waals surface area contributed by atoms with Crippen molar-refractivity contribution in [1.29, 1.82) is 0 Å². The zero-order chi connectivity index (χ0) is 7.26. The van der Waals surface area contributed by atoms with E-state index < -0.39 is 0 Å². The van der Waals surface area contributed by atoms with Gasteiger partial charge in [0.25, 0.3) is 0 Å². The van der Waals surface area contributed by atoms with E-state index in [9.17, 15) is 0 Å². The van der Waals surface area contributed by atoms with E-state index in [0.717, 1.165) is 0 Å². The minimum atomic E-state index is 0.406. The Balaban J connectivity index is 2.76. The standard InChI is InChI=1S/C8H4N2Se/c1-2-4-6-5(3-1)7-9-10-8(6)11-7/h1-4H. The maximum atomic E-state index is 4.08. The van der Waals surface area contributed by atoms with Crippen molar-refractivity contribution < 1.29 is 0 Å². The van der Waals surface area contributed by atoms with Gasteiger partial charge in [-0.15, -0.1) is 0 Å². The summed E-state index contributed by atoms with van der Waals surface area (Å²) in [5, 5.41) is 10.8. The first kappa shape index (κ1) is 5.69. The van der Waals surface area contributed by atoms with Gasteiger partial charge < -0.3 is 0 Å². The second-order valence-electron chi connectivity index (χ2n) is 2.46. The van der Waals surface area contributed by atoms with Crippen LogP contribution in [0.25, 0.3) is 19.6 Å². The van der Waals surface area contributed by atoms with Crippen LogP contribution in [0.15, 0.2) is 24.3 Å². The first-order chi connectivity index (χ1) is 5.45. The predicted molar refractivity (Wildman–Crippen MR) is 45.2 cm³/mol. The van der Waals surface area contributed by atoms with Gasteiger partial charge in [0.15, 0.2) is 0 Å². The number of fused-ring (bicyclic) bond motifs is 5. The Morgan fingerprint density at radius 1 is 0.909 bits per heavy atom. The molecule has 0 aliphatic rings. The van der Waals surface area contributed by atoms with Gasteiger partial charge in [0.05, 0.1) is 0 Å². The van der Waals surface area contributed by atoms with Crippen LogP contribution in [-0.4, -0.2) is 24.7 Å².